The maximum Gasteiger partial charge on any atom is 0.320 e. The standard InChI is InChI=1S/C20H19Cl2N3O5/c21-14-6-11(8-16(23)20(28)29)7-15(22)19(14)30-13-3-4-17(26)12(9-13)10-25-18(27)2-1-5-24-25/h1-4,6-7,9,16,24,26H,5,8,10,23H2,(H,28,29)/t16-/m1/s1. The fourth-order valence-electron chi connectivity index (χ4n) is 2.83. The third-order valence-corrected chi connectivity index (χ3v) is 4.92. The first kappa shape index (κ1) is 21.9. The van der Waals surface area contributed by atoms with Gasteiger partial charge in [0.25, 0.3) is 5.91 Å². The number of hydrogen-bond donors (Lipinski definition) is 4. The molecular weight excluding hydrogens is 433 g/mol. The van der Waals surface area contributed by atoms with Crippen LogP contribution < -0.4 is 15.9 Å². The van der Waals surface area contributed by atoms with Crippen LogP contribution in [0.1, 0.15) is 11.1 Å². The maximum atomic E-state index is 11.9. The van der Waals surface area contributed by atoms with Crippen molar-refractivity contribution in [2.24, 2.45) is 5.73 Å². The summed E-state index contributed by atoms with van der Waals surface area (Å²) in [4.78, 5) is 22.8. The summed E-state index contributed by atoms with van der Waals surface area (Å²) in [5.74, 6) is -0.828. The first-order chi connectivity index (χ1) is 14.2. The number of nitrogens with zero attached hydrogens (tertiary/aromatic N) is 1. The van der Waals surface area contributed by atoms with Crippen molar-refractivity contribution in [3.8, 4) is 17.2 Å². The van der Waals surface area contributed by atoms with Crippen molar-refractivity contribution < 1.29 is 24.5 Å². The highest BCUT2D eigenvalue weighted by Crippen LogP contribution is 2.38. The Labute approximate surface area is 182 Å². The zero-order valence-electron chi connectivity index (χ0n) is 15.6. The average Bonchev–Trinajstić information content (AvgIpc) is 2.68. The summed E-state index contributed by atoms with van der Waals surface area (Å²) in [5, 5.41) is 20.8. The minimum Gasteiger partial charge on any atom is -0.508 e. The van der Waals surface area contributed by atoms with Crippen molar-refractivity contribution in [3.05, 3.63) is 63.7 Å². The normalized spacial score (nSPS) is 14.6. The molecular formula is C20H19Cl2N3O5. The Morgan fingerprint density at radius 2 is 1.97 bits per heavy atom. The summed E-state index contributed by atoms with van der Waals surface area (Å²) in [6.45, 7) is 0.630. The maximum absolute atomic E-state index is 11.9. The lowest BCUT2D eigenvalue weighted by molar-refractivity contribution is -0.138. The molecule has 0 bridgehead atoms. The summed E-state index contributed by atoms with van der Waals surface area (Å²) in [6, 6.07) is 6.54. The lowest BCUT2D eigenvalue weighted by atomic mass is 10.1. The van der Waals surface area contributed by atoms with Gasteiger partial charge in [-0.2, -0.15) is 0 Å². The van der Waals surface area contributed by atoms with Gasteiger partial charge in [0.2, 0.25) is 0 Å². The molecule has 1 heterocycles. The molecule has 0 saturated carbocycles. The summed E-state index contributed by atoms with van der Waals surface area (Å²) >= 11 is 12.6. The molecule has 30 heavy (non-hydrogen) atoms. The van der Waals surface area contributed by atoms with Gasteiger partial charge >= 0.3 is 5.97 Å². The van der Waals surface area contributed by atoms with Crippen LogP contribution in [0.5, 0.6) is 17.2 Å². The number of phenolic OH excluding ortho intramolecular Hbond substituents is 1. The molecule has 1 aliphatic heterocycles. The predicted molar refractivity (Wildman–Crippen MR) is 112 cm³/mol. The smallest absolute Gasteiger partial charge is 0.320 e. The van der Waals surface area contributed by atoms with Crippen LogP contribution in [-0.4, -0.2) is 39.7 Å². The third kappa shape index (κ3) is 5.22. The number of ether oxygens (including phenoxy) is 1. The van der Waals surface area contributed by atoms with Gasteiger partial charge in [-0.25, -0.2) is 5.43 Å². The highest BCUT2D eigenvalue weighted by Gasteiger charge is 2.18. The van der Waals surface area contributed by atoms with Crippen molar-refractivity contribution in [2.75, 3.05) is 6.54 Å². The topological polar surface area (TPSA) is 125 Å². The predicted octanol–water partition coefficient (Wildman–Crippen LogP) is 2.85. The number of carboxylic acids is 1. The van der Waals surface area contributed by atoms with Crippen molar-refractivity contribution in [1.29, 1.82) is 0 Å². The Hall–Kier alpha value is -2.78. The van der Waals surface area contributed by atoms with E-state index in [4.69, 9.17) is 38.8 Å². The van der Waals surface area contributed by atoms with Gasteiger partial charge in [0.05, 0.1) is 16.6 Å². The van der Waals surface area contributed by atoms with Crippen molar-refractivity contribution in [3.63, 3.8) is 0 Å². The minimum atomic E-state index is -1.13. The largest absolute Gasteiger partial charge is 0.508 e. The molecule has 0 unspecified atom stereocenters. The monoisotopic (exact) mass is 451 g/mol. The zero-order chi connectivity index (χ0) is 21.8. The minimum absolute atomic E-state index is 0.00158. The Morgan fingerprint density at radius 3 is 2.60 bits per heavy atom. The number of phenols is 1. The number of aromatic hydroxyl groups is 1. The zero-order valence-corrected chi connectivity index (χ0v) is 17.2. The van der Waals surface area contributed by atoms with E-state index in [1.807, 2.05) is 0 Å². The molecule has 2 aromatic rings. The molecule has 3 rings (SSSR count). The van der Waals surface area contributed by atoms with Crippen LogP contribution in [0.25, 0.3) is 0 Å². The van der Waals surface area contributed by atoms with Gasteiger partial charge in [0, 0.05) is 18.2 Å². The molecule has 2 aromatic carbocycles. The molecule has 158 valence electrons. The lowest BCUT2D eigenvalue weighted by Gasteiger charge is -2.24. The number of benzene rings is 2. The number of carbonyl (C=O) groups excluding carboxylic acids is 1. The van der Waals surface area contributed by atoms with E-state index in [1.165, 1.54) is 35.4 Å². The van der Waals surface area contributed by atoms with Gasteiger partial charge in [0.1, 0.15) is 17.5 Å². The van der Waals surface area contributed by atoms with Crippen LogP contribution in [0.2, 0.25) is 10.0 Å². The van der Waals surface area contributed by atoms with Crippen LogP contribution in [0.3, 0.4) is 0 Å². The van der Waals surface area contributed by atoms with Crippen LogP contribution in [-0.2, 0) is 22.6 Å². The van der Waals surface area contributed by atoms with Crippen molar-refractivity contribution in [2.45, 2.75) is 19.0 Å². The highest BCUT2D eigenvalue weighted by atomic mass is 35.5. The number of rotatable bonds is 7. The van der Waals surface area contributed by atoms with Crippen molar-refractivity contribution in [1.82, 2.24) is 10.4 Å². The summed E-state index contributed by atoms with van der Waals surface area (Å²) in [6.07, 6.45) is 3.21. The van der Waals surface area contributed by atoms with E-state index in [0.29, 0.717) is 23.4 Å². The van der Waals surface area contributed by atoms with E-state index in [9.17, 15) is 14.7 Å². The second-order valence-electron chi connectivity index (χ2n) is 6.62. The molecule has 8 nitrogen and oxygen atoms in total. The first-order valence-electron chi connectivity index (χ1n) is 8.92. The number of hydrazine groups is 1. The quantitative estimate of drug-likeness (QED) is 0.509. The summed E-state index contributed by atoms with van der Waals surface area (Å²) in [7, 11) is 0. The number of aliphatic carboxylic acids is 1. The number of amides is 1. The molecule has 0 spiro atoms. The number of carboxylic acid groups (broad SMARTS) is 1. The second-order valence-corrected chi connectivity index (χ2v) is 7.43. The van der Waals surface area contributed by atoms with E-state index >= 15 is 0 Å². The SMILES string of the molecule is N[C@H](Cc1cc(Cl)c(Oc2ccc(O)c(CN3NCC=CC3=O)c2)c(Cl)c1)C(=O)O. The molecule has 0 aromatic heterocycles. The van der Waals surface area contributed by atoms with Gasteiger partial charge in [-0.3, -0.25) is 14.6 Å². The molecule has 1 atom stereocenters. The molecule has 1 aliphatic rings. The molecule has 5 N–H and O–H groups in total. The number of halogens is 2. The Bertz CT molecular complexity index is 989. The molecule has 0 radical (unpaired) electrons. The van der Waals surface area contributed by atoms with Crippen LogP contribution in [0.4, 0.5) is 0 Å². The second kappa shape index (κ2) is 9.36. The van der Waals surface area contributed by atoms with E-state index in [-0.39, 0.29) is 40.4 Å². The molecule has 1 amide bonds. The Kier molecular flexibility index (Phi) is 6.84. The van der Waals surface area contributed by atoms with E-state index in [2.05, 4.69) is 5.43 Å². The van der Waals surface area contributed by atoms with Gasteiger partial charge < -0.3 is 20.7 Å². The fourth-order valence-corrected chi connectivity index (χ4v) is 3.44. The fraction of sp³-hybridized carbons (Fsp3) is 0.200. The van der Waals surface area contributed by atoms with Crippen molar-refractivity contribution >= 4 is 35.1 Å². The van der Waals surface area contributed by atoms with Crippen LogP contribution in [0.15, 0.2) is 42.5 Å². The number of nitrogens with one attached hydrogen (secondary N) is 1. The van der Waals surface area contributed by atoms with E-state index < -0.39 is 12.0 Å². The number of hydrogen-bond acceptors (Lipinski definition) is 6. The van der Waals surface area contributed by atoms with Crippen LogP contribution >= 0.6 is 23.2 Å². The molecule has 0 saturated heterocycles. The van der Waals surface area contributed by atoms with Crippen LogP contribution in [0, 0.1) is 0 Å². The van der Waals surface area contributed by atoms with Gasteiger partial charge in [-0.15, -0.1) is 0 Å². The van der Waals surface area contributed by atoms with Gasteiger partial charge in [-0.1, -0.05) is 29.3 Å². The van der Waals surface area contributed by atoms with E-state index in [1.54, 1.807) is 12.1 Å². The van der Waals surface area contributed by atoms with E-state index in [0.717, 1.165) is 0 Å². The third-order valence-electron chi connectivity index (χ3n) is 4.36. The number of nitrogens with two attached hydrogens (primary N) is 1. The molecule has 0 aliphatic carbocycles. The Balaban J connectivity index is 1.80. The number of carbonyl (C=O) groups is 2. The molecule has 10 heteroatoms. The van der Waals surface area contributed by atoms with Gasteiger partial charge in [-0.05, 0) is 42.3 Å². The molecule has 0 fully saturated rings. The summed E-state index contributed by atoms with van der Waals surface area (Å²) < 4.78 is 5.80. The lowest BCUT2D eigenvalue weighted by Crippen LogP contribution is -2.43. The van der Waals surface area contributed by atoms with Gasteiger partial charge in [0.15, 0.2) is 5.75 Å². The first-order valence-corrected chi connectivity index (χ1v) is 9.67. The summed E-state index contributed by atoms with van der Waals surface area (Å²) in [5.41, 5.74) is 9.48. The highest BCUT2D eigenvalue weighted by molar-refractivity contribution is 6.37. The Morgan fingerprint density at radius 1 is 1.27 bits per heavy atom. The average molecular weight is 452 g/mol.